The topological polar surface area (TPSA) is 80.0 Å². The van der Waals surface area contributed by atoms with Crippen LogP contribution in [-0.4, -0.2) is 23.1 Å². The first-order valence-corrected chi connectivity index (χ1v) is 5.95. The van der Waals surface area contributed by atoms with Crippen LogP contribution in [0.1, 0.15) is 27.4 Å². The molecule has 1 amide bonds. The van der Waals surface area contributed by atoms with Crippen molar-refractivity contribution in [3.8, 4) is 0 Å². The molecule has 0 radical (unpaired) electrons. The second kappa shape index (κ2) is 5.51. The Morgan fingerprint density at radius 1 is 1.42 bits per heavy atom. The molecule has 0 spiro atoms. The van der Waals surface area contributed by atoms with Gasteiger partial charge in [0.05, 0.1) is 23.1 Å². The van der Waals surface area contributed by atoms with Crippen LogP contribution < -0.4 is 10.6 Å². The molecule has 6 nitrogen and oxygen atoms in total. The first-order valence-electron chi connectivity index (χ1n) is 5.95. The second-order valence-corrected chi connectivity index (χ2v) is 4.16. The molecule has 6 heteroatoms. The van der Waals surface area contributed by atoms with Crippen LogP contribution in [0.3, 0.4) is 0 Å². The molecule has 0 aromatic carbocycles. The van der Waals surface area contributed by atoms with E-state index in [0.717, 1.165) is 17.0 Å². The highest BCUT2D eigenvalue weighted by Crippen LogP contribution is 2.14. The molecular weight excluding hydrogens is 244 g/mol. The summed E-state index contributed by atoms with van der Waals surface area (Å²) < 4.78 is 5.05. The third-order valence-corrected chi connectivity index (χ3v) is 2.94. The molecule has 0 unspecified atom stereocenters. The number of aryl methyl sites for hydroxylation is 2. The number of hydrogen-bond acceptors (Lipinski definition) is 5. The average molecular weight is 260 g/mol. The van der Waals surface area contributed by atoms with Crippen molar-refractivity contribution in [2.24, 2.45) is 0 Å². The minimum atomic E-state index is -0.160. The van der Waals surface area contributed by atoms with Crippen LogP contribution in [0.15, 0.2) is 23.0 Å². The molecule has 19 heavy (non-hydrogen) atoms. The molecule has 0 aliphatic rings. The Bertz CT molecular complexity index is 573. The Hall–Kier alpha value is -2.37. The number of pyridine rings is 1. The maximum absolute atomic E-state index is 12.1. The van der Waals surface area contributed by atoms with Gasteiger partial charge >= 0.3 is 0 Å². The highest BCUT2D eigenvalue weighted by molar-refractivity contribution is 5.99. The van der Waals surface area contributed by atoms with Gasteiger partial charge < -0.3 is 15.2 Å². The van der Waals surface area contributed by atoms with Crippen molar-refractivity contribution in [3.63, 3.8) is 0 Å². The van der Waals surface area contributed by atoms with Crippen molar-refractivity contribution < 1.29 is 9.32 Å². The summed E-state index contributed by atoms with van der Waals surface area (Å²) in [5.74, 6) is 0.563. The lowest BCUT2D eigenvalue weighted by Crippen LogP contribution is -2.24. The van der Waals surface area contributed by atoms with Crippen LogP contribution >= 0.6 is 0 Å². The minimum Gasteiger partial charge on any atom is -0.386 e. The van der Waals surface area contributed by atoms with Crippen molar-refractivity contribution in [1.29, 1.82) is 0 Å². The molecule has 0 aliphatic carbocycles. The first-order chi connectivity index (χ1) is 9.13. The van der Waals surface area contributed by atoms with E-state index in [9.17, 15) is 4.79 Å². The fourth-order valence-electron chi connectivity index (χ4n) is 1.81. The molecule has 0 bridgehead atoms. The predicted molar refractivity (Wildman–Crippen MR) is 70.9 cm³/mol. The molecule has 2 aromatic heterocycles. The lowest BCUT2D eigenvalue weighted by molar-refractivity contribution is 0.0951. The number of aromatic nitrogens is 2. The molecule has 0 saturated carbocycles. The van der Waals surface area contributed by atoms with Crippen LogP contribution in [0.4, 0.5) is 5.69 Å². The molecule has 2 N–H and O–H groups in total. The molecule has 2 aromatic rings. The van der Waals surface area contributed by atoms with Crippen LogP contribution in [0, 0.1) is 13.8 Å². The van der Waals surface area contributed by atoms with Gasteiger partial charge in [0.2, 0.25) is 0 Å². The average Bonchev–Trinajstić information content (AvgIpc) is 2.75. The van der Waals surface area contributed by atoms with E-state index in [4.69, 9.17) is 4.52 Å². The number of amides is 1. The van der Waals surface area contributed by atoms with E-state index in [1.807, 2.05) is 13.8 Å². The molecule has 100 valence electrons. The van der Waals surface area contributed by atoms with E-state index >= 15 is 0 Å². The zero-order chi connectivity index (χ0) is 13.8. The molecule has 0 aliphatic heterocycles. The highest BCUT2D eigenvalue weighted by atomic mass is 16.5. The number of carbonyl (C=O) groups is 1. The molecule has 0 fully saturated rings. The van der Waals surface area contributed by atoms with E-state index < -0.39 is 0 Å². The van der Waals surface area contributed by atoms with Gasteiger partial charge in [-0.1, -0.05) is 5.16 Å². The van der Waals surface area contributed by atoms with Gasteiger partial charge in [0, 0.05) is 25.4 Å². The number of hydrogen-bond donors (Lipinski definition) is 2. The summed E-state index contributed by atoms with van der Waals surface area (Å²) in [6.07, 6.45) is 3.20. The predicted octanol–water partition coefficient (Wildman–Crippen LogP) is 1.66. The van der Waals surface area contributed by atoms with Crippen molar-refractivity contribution in [1.82, 2.24) is 15.5 Å². The SMILES string of the molecule is CNc1cnccc1C(=O)NCc1c(C)noc1C. The Labute approximate surface area is 111 Å². The normalized spacial score (nSPS) is 10.3. The number of carbonyl (C=O) groups excluding carboxylic acids is 1. The minimum absolute atomic E-state index is 0.160. The summed E-state index contributed by atoms with van der Waals surface area (Å²) in [5, 5.41) is 9.64. The van der Waals surface area contributed by atoms with Gasteiger partial charge in [-0.25, -0.2) is 0 Å². The summed E-state index contributed by atoms with van der Waals surface area (Å²) in [7, 11) is 1.75. The summed E-state index contributed by atoms with van der Waals surface area (Å²) >= 11 is 0. The summed E-state index contributed by atoms with van der Waals surface area (Å²) in [4.78, 5) is 16.1. The third kappa shape index (κ3) is 2.73. The number of nitrogens with zero attached hydrogens (tertiary/aromatic N) is 2. The lowest BCUT2D eigenvalue weighted by atomic mass is 10.2. The van der Waals surface area contributed by atoms with Crippen molar-refractivity contribution in [2.45, 2.75) is 20.4 Å². The van der Waals surface area contributed by atoms with E-state index in [0.29, 0.717) is 17.8 Å². The Morgan fingerprint density at radius 3 is 2.84 bits per heavy atom. The van der Waals surface area contributed by atoms with Crippen molar-refractivity contribution >= 4 is 11.6 Å². The van der Waals surface area contributed by atoms with Crippen LogP contribution in [0.2, 0.25) is 0 Å². The summed E-state index contributed by atoms with van der Waals surface area (Å²) in [6.45, 7) is 4.07. The fourth-order valence-corrected chi connectivity index (χ4v) is 1.81. The van der Waals surface area contributed by atoms with E-state index in [-0.39, 0.29) is 5.91 Å². The molecule has 0 atom stereocenters. The number of anilines is 1. The number of rotatable bonds is 4. The van der Waals surface area contributed by atoms with Crippen LogP contribution in [0.25, 0.3) is 0 Å². The quantitative estimate of drug-likeness (QED) is 0.873. The Balaban J connectivity index is 2.10. The van der Waals surface area contributed by atoms with E-state index in [1.54, 1.807) is 25.5 Å². The molecular formula is C13H16N4O2. The standard InChI is InChI=1S/C13H16N4O2/c1-8-11(9(2)19-17-8)6-16-13(18)10-4-5-15-7-12(10)14-3/h4-5,7,14H,6H2,1-3H3,(H,16,18). The van der Waals surface area contributed by atoms with Gasteiger partial charge in [-0.05, 0) is 19.9 Å². The van der Waals surface area contributed by atoms with Crippen molar-refractivity contribution in [2.75, 3.05) is 12.4 Å². The Kier molecular flexibility index (Phi) is 3.79. The lowest BCUT2D eigenvalue weighted by Gasteiger charge is -2.08. The zero-order valence-electron chi connectivity index (χ0n) is 11.2. The fraction of sp³-hybridized carbons (Fsp3) is 0.308. The summed E-state index contributed by atoms with van der Waals surface area (Å²) in [6, 6.07) is 1.68. The zero-order valence-corrected chi connectivity index (χ0v) is 11.2. The number of nitrogens with one attached hydrogen (secondary N) is 2. The third-order valence-electron chi connectivity index (χ3n) is 2.94. The summed E-state index contributed by atoms with van der Waals surface area (Å²) in [5.41, 5.74) is 2.96. The van der Waals surface area contributed by atoms with Gasteiger partial charge in [0.1, 0.15) is 5.76 Å². The smallest absolute Gasteiger partial charge is 0.253 e. The molecule has 2 rings (SSSR count). The van der Waals surface area contributed by atoms with Gasteiger partial charge in [0.25, 0.3) is 5.91 Å². The van der Waals surface area contributed by atoms with Crippen LogP contribution in [0.5, 0.6) is 0 Å². The van der Waals surface area contributed by atoms with E-state index in [2.05, 4.69) is 20.8 Å². The molecule has 0 saturated heterocycles. The van der Waals surface area contributed by atoms with Gasteiger partial charge in [-0.15, -0.1) is 0 Å². The maximum Gasteiger partial charge on any atom is 0.253 e. The largest absolute Gasteiger partial charge is 0.386 e. The second-order valence-electron chi connectivity index (χ2n) is 4.16. The van der Waals surface area contributed by atoms with Gasteiger partial charge in [0.15, 0.2) is 0 Å². The monoisotopic (exact) mass is 260 g/mol. The van der Waals surface area contributed by atoms with Crippen molar-refractivity contribution in [3.05, 3.63) is 41.0 Å². The molecule has 2 heterocycles. The highest BCUT2D eigenvalue weighted by Gasteiger charge is 2.13. The van der Waals surface area contributed by atoms with Gasteiger partial charge in [-0.2, -0.15) is 0 Å². The van der Waals surface area contributed by atoms with E-state index in [1.165, 1.54) is 0 Å². The van der Waals surface area contributed by atoms with Gasteiger partial charge in [-0.3, -0.25) is 9.78 Å². The maximum atomic E-state index is 12.1. The van der Waals surface area contributed by atoms with Crippen LogP contribution in [-0.2, 0) is 6.54 Å². The first kappa shape index (κ1) is 13.1. The Morgan fingerprint density at radius 2 is 2.21 bits per heavy atom.